The zero-order valence-corrected chi connectivity index (χ0v) is 32.6. The molecule has 2 aromatic carbocycles. The maximum Gasteiger partial charge on any atom is 0.394 e. The molecule has 8 aliphatic rings. The molecule has 0 aliphatic heterocycles. The molecule has 0 radical (unpaired) electrons. The molecule has 3 N–H and O–H groups in total. The molecular formula is C35H48Br2Cl2O7S. The van der Waals surface area contributed by atoms with Gasteiger partial charge in [-0.25, -0.2) is 0 Å². The summed E-state index contributed by atoms with van der Waals surface area (Å²) < 4.78 is 44.5. The lowest BCUT2D eigenvalue weighted by Crippen LogP contribution is -2.50. The quantitative estimate of drug-likeness (QED) is 0.208. The second kappa shape index (κ2) is 17.1. The van der Waals surface area contributed by atoms with Gasteiger partial charge in [0.2, 0.25) is 0 Å². The van der Waals surface area contributed by atoms with Gasteiger partial charge in [0.15, 0.2) is 0 Å². The van der Waals surface area contributed by atoms with E-state index in [0.29, 0.717) is 5.41 Å². The second-order valence-electron chi connectivity index (χ2n) is 14.4. The maximum absolute atomic E-state index is 10.1. The van der Waals surface area contributed by atoms with E-state index >= 15 is 0 Å². The molecule has 0 aromatic heterocycles. The second-order valence-corrected chi connectivity index (χ2v) is 17.9. The Morgan fingerprint density at radius 2 is 1.06 bits per heavy atom. The maximum atomic E-state index is 10.1. The van der Waals surface area contributed by atoms with Gasteiger partial charge in [-0.1, -0.05) is 31.9 Å². The van der Waals surface area contributed by atoms with Crippen LogP contribution in [0.25, 0.3) is 0 Å². The van der Waals surface area contributed by atoms with Crippen LogP contribution in [0, 0.1) is 35.5 Å². The molecule has 10 rings (SSSR count). The van der Waals surface area contributed by atoms with Crippen LogP contribution in [0.2, 0.25) is 0 Å². The van der Waals surface area contributed by atoms with E-state index in [2.05, 4.69) is 50.1 Å². The van der Waals surface area contributed by atoms with Gasteiger partial charge >= 0.3 is 10.4 Å². The van der Waals surface area contributed by atoms with E-state index in [-0.39, 0.29) is 10.9 Å². The number of methoxy groups -OCH3 is 2. The summed E-state index contributed by atoms with van der Waals surface area (Å²) >= 11 is 16.5. The summed E-state index contributed by atoms with van der Waals surface area (Å²) in [5.74, 6) is 7.62. The van der Waals surface area contributed by atoms with E-state index in [1.807, 2.05) is 31.4 Å². The Morgan fingerprint density at radius 1 is 0.702 bits per heavy atom. The number of alkyl halides is 2. The monoisotopic (exact) mass is 840 g/mol. The Bertz CT molecular complexity index is 1330. The molecule has 264 valence electrons. The fourth-order valence-corrected chi connectivity index (χ4v) is 10.8. The average molecular weight is 844 g/mol. The van der Waals surface area contributed by atoms with Crippen molar-refractivity contribution in [3.05, 3.63) is 57.0 Å². The number of benzene rings is 2. The van der Waals surface area contributed by atoms with E-state index in [0.717, 1.165) is 70.7 Å². The number of hydrogen-bond donors (Lipinski definition) is 3. The number of ether oxygens (including phenoxy) is 2. The highest BCUT2D eigenvalue weighted by Crippen LogP contribution is 2.62. The van der Waals surface area contributed by atoms with Gasteiger partial charge in [-0.3, -0.25) is 9.11 Å². The molecule has 0 atom stereocenters. The smallest absolute Gasteiger partial charge is 0.394 e. The third-order valence-corrected chi connectivity index (χ3v) is 11.8. The largest absolute Gasteiger partial charge is 0.497 e. The standard InChI is InChI=1S/C17H21BrO.C10H16O.C7H7BrO.CH2Cl2.H2O4S/c1-19-16-3-2-14(18)7-15(16)17-8-11-4-12(9-17)6-13(5-11)10-17;11-10-4-7-1-8(5-10)3-9(2-7)6-10;1-9-7-4-2-6(8)3-5-7;2-1-3;1-5(2,3)4/h2-3,7,11-13H,4-6,8-10H2,1H3;7-9,11H,1-6H2;2-5H,1H3;1H2;(H2,1,2,3,4). The van der Waals surface area contributed by atoms with Crippen LogP contribution in [0.1, 0.15) is 82.6 Å². The van der Waals surface area contributed by atoms with Crippen molar-refractivity contribution >= 4 is 65.5 Å². The number of halogens is 4. The minimum Gasteiger partial charge on any atom is -0.497 e. The van der Waals surface area contributed by atoms with Crippen molar-refractivity contribution < 1.29 is 32.1 Å². The fraction of sp³-hybridized carbons (Fsp3) is 0.657. The van der Waals surface area contributed by atoms with E-state index in [1.54, 1.807) is 7.11 Å². The first-order valence-electron chi connectivity index (χ1n) is 16.3. The first-order chi connectivity index (χ1) is 22.2. The van der Waals surface area contributed by atoms with E-state index in [1.165, 1.54) is 67.8 Å². The molecule has 0 unspecified atom stereocenters. The summed E-state index contributed by atoms with van der Waals surface area (Å²) in [6.07, 6.45) is 16.3. The van der Waals surface area contributed by atoms with Crippen LogP contribution in [0.4, 0.5) is 0 Å². The third kappa shape index (κ3) is 11.5. The lowest BCUT2D eigenvalue weighted by Gasteiger charge is -2.57. The Kier molecular flexibility index (Phi) is 14.2. The molecule has 8 saturated carbocycles. The highest BCUT2D eigenvalue weighted by Gasteiger charge is 2.52. The van der Waals surface area contributed by atoms with Gasteiger partial charge in [0, 0.05) is 14.5 Å². The highest BCUT2D eigenvalue weighted by molar-refractivity contribution is 9.10. The van der Waals surface area contributed by atoms with Gasteiger partial charge < -0.3 is 14.6 Å². The highest BCUT2D eigenvalue weighted by atomic mass is 79.9. The van der Waals surface area contributed by atoms with Gasteiger partial charge in [-0.2, -0.15) is 8.42 Å². The van der Waals surface area contributed by atoms with Crippen LogP contribution < -0.4 is 9.47 Å². The Hall–Kier alpha value is -0.590. The lowest BCUT2D eigenvalue weighted by atomic mass is 9.48. The summed E-state index contributed by atoms with van der Waals surface area (Å²) in [7, 11) is -1.20. The van der Waals surface area contributed by atoms with Crippen molar-refractivity contribution in [3.63, 3.8) is 0 Å². The third-order valence-electron chi connectivity index (χ3n) is 10.8. The molecule has 0 heterocycles. The zero-order valence-electron chi connectivity index (χ0n) is 27.1. The Labute approximate surface area is 307 Å². The normalized spacial score (nSPS) is 33.5. The number of aliphatic hydroxyl groups is 1. The summed E-state index contributed by atoms with van der Waals surface area (Å²) in [4.78, 5) is 0. The minimum absolute atomic E-state index is 0.194. The van der Waals surface area contributed by atoms with Crippen LogP contribution in [0.3, 0.4) is 0 Å². The van der Waals surface area contributed by atoms with Gasteiger partial charge in [-0.05, 0) is 160 Å². The van der Waals surface area contributed by atoms with Gasteiger partial charge in [0.25, 0.3) is 0 Å². The summed E-state index contributed by atoms with van der Waals surface area (Å²) in [5.41, 5.74) is 1.70. The molecule has 47 heavy (non-hydrogen) atoms. The first-order valence-corrected chi connectivity index (χ1v) is 20.4. The van der Waals surface area contributed by atoms with Crippen LogP contribution in [-0.2, 0) is 15.8 Å². The van der Waals surface area contributed by atoms with Crippen LogP contribution in [-0.4, -0.2) is 47.8 Å². The molecule has 12 heteroatoms. The van der Waals surface area contributed by atoms with Gasteiger partial charge in [-0.15, -0.1) is 23.2 Å². The molecule has 8 fully saturated rings. The Morgan fingerprint density at radius 3 is 1.40 bits per heavy atom. The van der Waals surface area contributed by atoms with Gasteiger partial charge in [0.05, 0.1) is 25.2 Å². The molecular weight excluding hydrogens is 795 g/mol. The average Bonchev–Trinajstić information content (AvgIpc) is 2.96. The van der Waals surface area contributed by atoms with E-state index < -0.39 is 10.4 Å². The predicted molar refractivity (Wildman–Crippen MR) is 195 cm³/mol. The molecule has 8 aliphatic carbocycles. The summed E-state index contributed by atoms with van der Waals surface area (Å²) in [6, 6.07) is 14.3. The zero-order chi connectivity index (χ0) is 34.4. The summed E-state index contributed by atoms with van der Waals surface area (Å²) in [6.45, 7) is 0. The molecule has 8 bridgehead atoms. The topological polar surface area (TPSA) is 113 Å². The Balaban J connectivity index is 0.000000152. The van der Waals surface area contributed by atoms with Crippen molar-refractivity contribution in [2.24, 2.45) is 35.5 Å². The molecule has 0 spiro atoms. The van der Waals surface area contributed by atoms with Crippen LogP contribution >= 0.6 is 55.1 Å². The van der Waals surface area contributed by atoms with Crippen molar-refractivity contribution in [3.8, 4) is 11.5 Å². The minimum atomic E-state index is -4.67. The molecule has 0 amide bonds. The fourth-order valence-electron chi connectivity index (χ4n) is 10.2. The van der Waals surface area contributed by atoms with Crippen LogP contribution in [0.15, 0.2) is 51.4 Å². The summed E-state index contributed by atoms with van der Waals surface area (Å²) in [5, 5.41) is 10.3. The van der Waals surface area contributed by atoms with Crippen LogP contribution in [0.5, 0.6) is 11.5 Å². The SMILES string of the molecule is COc1ccc(Br)cc1.COc1ccc(Br)cc1C12CC3CC(CC(C3)C1)C2.ClCCl.O=S(=O)(O)O.OC12CC3CC(CC(C3)C1)C2. The van der Waals surface area contributed by atoms with Crippen molar-refractivity contribution in [1.29, 1.82) is 0 Å². The lowest BCUT2D eigenvalue weighted by molar-refractivity contribution is -0.124. The molecule has 0 saturated heterocycles. The molecule has 7 nitrogen and oxygen atoms in total. The van der Waals surface area contributed by atoms with E-state index in [9.17, 15) is 5.11 Å². The molecule has 2 aromatic rings. The van der Waals surface area contributed by atoms with Crippen molar-refractivity contribution in [2.45, 2.75) is 88.1 Å². The number of rotatable bonds is 3. The number of hydrogen-bond acceptors (Lipinski definition) is 5. The predicted octanol–water partition coefficient (Wildman–Crippen LogP) is 10.1. The first kappa shape index (κ1) is 39.2. The van der Waals surface area contributed by atoms with E-state index in [4.69, 9.17) is 50.2 Å². The van der Waals surface area contributed by atoms with Gasteiger partial charge in [0.1, 0.15) is 11.5 Å². The van der Waals surface area contributed by atoms with Crippen molar-refractivity contribution in [1.82, 2.24) is 0 Å². The van der Waals surface area contributed by atoms with Crippen molar-refractivity contribution in [2.75, 3.05) is 19.6 Å².